The lowest BCUT2D eigenvalue weighted by Crippen LogP contribution is -2.43. The zero-order valence-electron chi connectivity index (χ0n) is 16.9. The molecule has 4 nitrogen and oxygen atoms in total. The Labute approximate surface area is 167 Å². The van der Waals surface area contributed by atoms with Crippen LogP contribution in [0, 0.1) is 6.92 Å². The monoisotopic (exact) mass is 375 g/mol. The number of aromatic nitrogens is 2. The highest BCUT2D eigenvalue weighted by molar-refractivity contribution is 5.88. The smallest absolute Gasteiger partial charge is 0.230 e. The van der Waals surface area contributed by atoms with Gasteiger partial charge in [-0.15, -0.1) is 0 Å². The van der Waals surface area contributed by atoms with Crippen LogP contribution in [0.25, 0.3) is 11.0 Å². The summed E-state index contributed by atoms with van der Waals surface area (Å²) in [6.45, 7) is 5.74. The minimum Gasteiger partial charge on any atom is -0.355 e. The molecule has 0 unspecified atom stereocenters. The van der Waals surface area contributed by atoms with E-state index in [1.165, 1.54) is 16.6 Å². The summed E-state index contributed by atoms with van der Waals surface area (Å²) < 4.78 is 2.24. The molecule has 1 aliphatic rings. The quantitative estimate of drug-likeness (QED) is 0.688. The zero-order valence-corrected chi connectivity index (χ0v) is 16.9. The zero-order chi connectivity index (χ0) is 19.6. The molecule has 28 heavy (non-hydrogen) atoms. The number of aryl methyl sites for hydroxylation is 2. The molecule has 4 heteroatoms. The maximum Gasteiger partial charge on any atom is 0.230 e. The molecule has 1 N–H and O–H groups in total. The van der Waals surface area contributed by atoms with E-state index in [1.807, 2.05) is 12.1 Å². The summed E-state index contributed by atoms with van der Waals surface area (Å²) in [5.41, 5.74) is 4.21. The van der Waals surface area contributed by atoms with Gasteiger partial charge in [0.15, 0.2) is 0 Å². The Balaban J connectivity index is 1.49. The highest BCUT2D eigenvalue weighted by Crippen LogP contribution is 2.41. The van der Waals surface area contributed by atoms with Gasteiger partial charge in [-0.05, 0) is 44.4 Å². The van der Waals surface area contributed by atoms with Crippen LogP contribution in [0.5, 0.6) is 0 Å². The molecule has 0 spiro atoms. The van der Waals surface area contributed by atoms with Crippen molar-refractivity contribution in [2.24, 2.45) is 0 Å². The lowest BCUT2D eigenvalue weighted by molar-refractivity contribution is -0.126. The van der Waals surface area contributed by atoms with E-state index in [0.717, 1.165) is 50.0 Å². The predicted octanol–water partition coefficient (Wildman–Crippen LogP) is 4.54. The number of rotatable bonds is 6. The van der Waals surface area contributed by atoms with Crippen molar-refractivity contribution in [3.8, 4) is 0 Å². The number of fused-ring (bicyclic) bond motifs is 1. The fraction of sp³-hybridized carbons (Fsp3) is 0.417. The van der Waals surface area contributed by atoms with Crippen LogP contribution in [0.1, 0.15) is 49.6 Å². The van der Waals surface area contributed by atoms with Crippen LogP contribution in [-0.2, 0) is 23.2 Å². The molecule has 0 aliphatic heterocycles. The number of para-hydroxylation sites is 2. The molecule has 2 aromatic carbocycles. The maximum absolute atomic E-state index is 13.3. The second kappa shape index (κ2) is 7.78. The van der Waals surface area contributed by atoms with Gasteiger partial charge < -0.3 is 9.88 Å². The highest BCUT2D eigenvalue weighted by Gasteiger charge is 2.42. The summed E-state index contributed by atoms with van der Waals surface area (Å²) in [5.74, 6) is 1.22. The Morgan fingerprint density at radius 2 is 1.93 bits per heavy atom. The van der Waals surface area contributed by atoms with Gasteiger partial charge in [-0.1, -0.05) is 54.8 Å². The molecule has 4 rings (SSSR count). The summed E-state index contributed by atoms with van der Waals surface area (Å²) in [6.07, 6.45) is 4.86. The van der Waals surface area contributed by atoms with Crippen LogP contribution in [0.2, 0.25) is 0 Å². The molecule has 1 aromatic heterocycles. The van der Waals surface area contributed by atoms with Crippen LogP contribution < -0.4 is 5.32 Å². The van der Waals surface area contributed by atoms with E-state index in [-0.39, 0.29) is 11.3 Å². The minimum absolute atomic E-state index is 0.176. The third-order valence-corrected chi connectivity index (χ3v) is 6.15. The molecule has 0 atom stereocenters. The van der Waals surface area contributed by atoms with Crippen molar-refractivity contribution in [3.05, 3.63) is 65.5 Å². The maximum atomic E-state index is 13.3. The fourth-order valence-corrected chi connectivity index (χ4v) is 4.69. The summed E-state index contributed by atoms with van der Waals surface area (Å²) in [5, 5.41) is 3.24. The molecule has 0 bridgehead atoms. The molecular weight excluding hydrogens is 346 g/mol. The van der Waals surface area contributed by atoms with E-state index in [1.54, 1.807) is 0 Å². The number of nitrogens with one attached hydrogen (secondary N) is 1. The number of amides is 1. The van der Waals surface area contributed by atoms with Gasteiger partial charge in [0.05, 0.1) is 16.4 Å². The minimum atomic E-state index is -0.364. The van der Waals surface area contributed by atoms with Crippen molar-refractivity contribution in [2.75, 3.05) is 6.54 Å². The van der Waals surface area contributed by atoms with E-state index in [2.05, 4.69) is 60.1 Å². The number of hydrogen-bond acceptors (Lipinski definition) is 2. The summed E-state index contributed by atoms with van der Waals surface area (Å²) in [7, 11) is 0. The van der Waals surface area contributed by atoms with Crippen molar-refractivity contribution < 1.29 is 4.79 Å². The number of hydrogen-bond donors (Lipinski definition) is 1. The molecule has 1 heterocycles. The molecule has 3 aromatic rings. The SMILES string of the molecule is CCn1c(CCNC(=O)C2(c3cccc(C)c3)CCCC2)nc2ccccc21. The van der Waals surface area contributed by atoms with Gasteiger partial charge in [0.25, 0.3) is 0 Å². The summed E-state index contributed by atoms with van der Waals surface area (Å²) in [4.78, 5) is 18.0. The second-order valence-corrected chi connectivity index (χ2v) is 7.93. The third kappa shape index (κ3) is 3.32. The molecule has 1 fully saturated rings. The molecule has 1 amide bonds. The number of nitrogens with zero attached hydrogens (tertiary/aromatic N) is 2. The first-order valence-corrected chi connectivity index (χ1v) is 10.4. The lowest BCUT2D eigenvalue weighted by atomic mass is 9.77. The molecule has 1 aliphatic carbocycles. The van der Waals surface area contributed by atoms with E-state index >= 15 is 0 Å². The molecular formula is C24H29N3O. The Morgan fingerprint density at radius 3 is 2.68 bits per heavy atom. The normalized spacial score (nSPS) is 15.8. The van der Waals surface area contributed by atoms with Crippen LogP contribution in [0.15, 0.2) is 48.5 Å². The molecule has 0 radical (unpaired) electrons. The van der Waals surface area contributed by atoms with Gasteiger partial charge >= 0.3 is 0 Å². The Bertz CT molecular complexity index is 982. The Hall–Kier alpha value is -2.62. The van der Waals surface area contributed by atoms with Gasteiger partial charge in [0, 0.05) is 19.5 Å². The van der Waals surface area contributed by atoms with Crippen molar-refractivity contribution in [1.29, 1.82) is 0 Å². The first-order valence-electron chi connectivity index (χ1n) is 10.4. The van der Waals surface area contributed by atoms with Crippen LogP contribution >= 0.6 is 0 Å². The average molecular weight is 376 g/mol. The van der Waals surface area contributed by atoms with E-state index in [4.69, 9.17) is 4.98 Å². The average Bonchev–Trinajstić information content (AvgIpc) is 3.33. The van der Waals surface area contributed by atoms with Gasteiger partial charge in [-0.2, -0.15) is 0 Å². The fourth-order valence-electron chi connectivity index (χ4n) is 4.69. The number of carbonyl (C=O) groups is 1. The van der Waals surface area contributed by atoms with E-state index in [0.29, 0.717) is 6.54 Å². The van der Waals surface area contributed by atoms with Crippen molar-refractivity contribution in [1.82, 2.24) is 14.9 Å². The van der Waals surface area contributed by atoms with Crippen LogP contribution in [0.4, 0.5) is 0 Å². The van der Waals surface area contributed by atoms with E-state index < -0.39 is 0 Å². The molecule has 1 saturated carbocycles. The van der Waals surface area contributed by atoms with Gasteiger partial charge in [-0.25, -0.2) is 4.98 Å². The van der Waals surface area contributed by atoms with Crippen molar-refractivity contribution >= 4 is 16.9 Å². The number of carbonyl (C=O) groups excluding carboxylic acids is 1. The first kappa shape index (κ1) is 18.7. The van der Waals surface area contributed by atoms with Gasteiger partial charge in [0.2, 0.25) is 5.91 Å². The molecule has 146 valence electrons. The van der Waals surface area contributed by atoms with E-state index in [9.17, 15) is 4.79 Å². The summed E-state index contributed by atoms with van der Waals surface area (Å²) >= 11 is 0. The predicted molar refractivity (Wildman–Crippen MR) is 113 cm³/mol. The highest BCUT2D eigenvalue weighted by atomic mass is 16.2. The number of benzene rings is 2. The molecule has 0 saturated heterocycles. The van der Waals surface area contributed by atoms with Crippen molar-refractivity contribution in [3.63, 3.8) is 0 Å². The van der Waals surface area contributed by atoms with Crippen LogP contribution in [0.3, 0.4) is 0 Å². The van der Waals surface area contributed by atoms with Gasteiger partial charge in [0.1, 0.15) is 5.82 Å². The topological polar surface area (TPSA) is 46.9 Å². The number of imidazole rings is 1. The Morgan fingerprint density at radius 1 is 1.14 bits per heavy atom. The van der Waals surface area contributed by atoms with Gasteiger partial charge in [-0.3, -0.25) is 4.79 Å². The summed E-state index contributed by atoms with van der Waals surface area (Å²) in [6, 6.07) is 16.7. The van der Waals surface area contributed by atoms with Crippen LogP contribution in [-0.4, -0.2) is 22.0 Å². The third-order valence-electron chi connectivity index (χ3n) is 6.15. The Kier molecular flexibility index (Phi) is 5.21. The van der Waals surface area contributed by atoms with Crippen molar-refractivity contribution in [2.45, 2.75) is 57.9 Å². The largest absolute Gasteiger partial charge is 0.355 e. The first-order chi connectivity index (χ1) is 13.6. The second-order valence-electron chi connectivity index (χ2n) is 7.93. The lowest BCUT2D eigenvalue weighted by Gasteiger charge is -2.28. The standard InChI is InChI=1S/C24H29N3O/c1-3-27-21-12-5-4-11-20(21)26-22(27)13-16-25-23(28)24(14-6-7-15-24)19-10-8-9-18(2)17-19/h4-5,8-12,17H,3,6-7,13-16H2,1-2H3,(H,25,28).